The molecule has 1 aromatic carbocycles. The number of carbonyl (C=O) groups is 2. The molecule has 0 saturated heterocycles. The fraction of sp³-hybridized carbons (Fsp3) is 0.556. The number of nitro groups is 1. The van der Waals surface area contributed by atoms with E-state index in [9.17, 15) is 34.1 Å². The summed E-state index contributed by atoms with van der Waals surface area (Å²) in [7, 11) is -1.77. The van der Waals surface area contributed by atoms with E-state index >= 15 is 0 Å². The fourth-order valence-electron chi connectivity index (χ4n) is 2.78. The first kappa shape index (κ1) is 24.5. The average Bonchev–Trinajstić information content (AvgIpc) is 2.59. The van der Waals surface area contributed by atoms with E-state index in [1.165, 1.54) is 0 Å². The summed E-state index contributed by atoms with van der Waals surface area (Å²) < 4.78 is 13.5. The lowest BCUT2D eigenvalue weighted by atomic mass is 9.75. The molecule has 2 amide bonds. The van der Waals surface area contributed by atoms with Gasteiger partial charge in [0.05, 0.1) is 10.9 Å². The van der Waals surface area contributed by atoms with Gasteiger partial charge in [-0.15, -0.1) is 0 Å². The first-order valence-electron chi connectivity index (χ1n) is 9.33. The number of rotatable bonds is 10. The van der Waals surface area contributed by atoms with Gasteiger partial charge < -0.3 is 20.7 Å². The third kappa shape index (κ3) is 7.78. The van der Waals surface area contributed by atoms with Crippen LogP contribution in [0.1, 0.15) is 50.9 Å². The van der Waals surface area contributed by atoms with Crippen molar-refractivity contribution < 1.29 is 29.0 Å². The largest absolute Gasteiger partial charge is 0.475 e. The summed E-state index contributed by atoms with van der Waals surface area (Å²) in [5.41, 5.74) is -1.01. The predicted octanol–water partition coefficient (Wildman–Crippen LogP) is 1.42. The molecule has 11 heteroatoms. The van der Waals surface area contributed by atoms with Crippen molar-refractivity contribution in [3.63, 3.8) is 0 Å². The lowest BCUT2D eigenvalue weighted by Gasteiger charge is -2.25. The van der Waals surface area contributed by atoms with Crippen LogP contribution in [-0.4, -0.2) is 45.9 Å². The van der Waals surface area contributed by atoms with Crippen molar-refractivity contribution in [3.8, 4) is 0 Å². The van der Waals surface area contributed by atoms with E-state index < -0.39 is 47.3 Å². The molecule has 9 nitrogen and oxygen atoms in total. The second-order valence-electron chi connectivity index (χ2n) is 7.74. The molecule has 0 aliphatic carbocycles. The number of amides is 2. The van der Waals surface area contributed by atoms with Crippen LogP contribution >= 0.6 is 0 Å². The third-order valence-corrected chi connectivity index (χ3v) is 4.15. The molecule has 0 unspecified atom stereocenters. The van der Waals surface area contributed by atoms with Gasteiger partial charge >= 0.3 is 12.8 Å². The summed E-state index contributed by atoms with van der Waals surface area (Å²) in [5, 5.41) is 34.9. The highest BCUT2D eigenvalue weighted by molar-refractivity contribution is 6.43. The minimum atomic E-state index is -1.77. The zero-order valence-electron chi connectivity index (χ0n) is 16.9. The van der Waals surface area contributed by atoms with E-state index in [1.807, 2.05) is 27.7 Å². The number of carbonyl (C=O) groups excluding carboxylic acids is 2. The third-order valence-electron chi connectivity index (χ3n) is 4.15. The number of benzene rings is 1. The Morgan fingerprint density at radius 3 is 2.21 bits per heavy atom. The maximum atomic E-state index is 13.5. The molecular formula is C18H27BFN3O6. The van der Waals surface area contributed by atoms with Crippen LogP contribution in [0.2, 0.25) is 0 Å². The van der Waals surface area contributed by atoms with Crippen LogP contribution in [0.4, 0.5) is 10.1 Å². The van der Waals surface area contributed by atoms with Gasteiger partial charge in [0.25, 0.3) is 5.91 Å². The number of hydrogen-bond acceptors (Lipinski definition) is 6. The second kappa shape index (κ2) is 10.9. The number of nitro benzene ring substituents is 1. The van der Waals surface area contributed by atoms with E-state index in [0.29, 0.717) is 6.42 Å². The molecule has 0 radical (unpaired) electrons. The van der Waals surface area contributed by atoms with E-state index in [2.05, 4.69) is 10.6 Å². The van der Waals surface area contributed by atoms with E-state index in [0.717, 1.165) is 18.2 Å². The van der Waals surface area contributed by atoms with Gasteiger partial charge in [-0.1, -0.05) is 27.7 Å². The highest BCUT2D eigenvalue weighted by Crippen LogP contribution is 2.19. The highest BCUT2D eigenvalue weighted by Gasteiger charge is 2.30. The molecule has 0 bridgehead atoms. The molecule has 0 aliphatic rings. The van der Waals surface area contributed by atoms with Crippen LogP contribution < -0.4 is 10.6 Å². The number of halogens is 1. The topological polar surface area (TPSA) is 142 Å². The number of hydrogen-bond donors (Lipinski definition) is 4. The summed E-state index contributed by atoms with van der Waals surface area (Å²) in [6.45, 7) is 7.38. The summed E-state index contributed by atoms with van der Waals surface area (Å²) in [4.78, 5) is 35.1. The van der Waals surface area contributed by atoms with Crippen molar-refractivity contribution in [2.75, 3.05) is 0 Å². The van der Waals surface area contributed by atoms with Gasteiger partial charge in [-0.25, -0.2) is 0 Å². The molecule has 0 aromatic heterocycles. The summed E-state index contributed by atoms with van der Waals surface area (Å²) in [6, 6.07) is 1.68. The van der Waals surface area contributed by atoms with Crippen LogP contribution in [0, 0.1) is 27.8 Å². The van der Waals surface area contributed by atoms with E-state index in [1.54, 1.807) is 0 Å². The van der Waals surface area contributed by atoms with Crippen molar-refractivity contribution in [3.05, 3.63) is 39.7 Å². The Hall–Kier alpha value is -2.53. The standard InChI is InChI=1S/C18H27BFN3O6/c1-10(2)7-14(18(25)22-16(19(26)27)8-11(3)4)21-17(24)12-5-6-13(20)15(9-12)23(28)29/h5-6,9-11,14,16,26-27H,7-8H2,1-4H3,(H,21,24)(H,22,25)/t14-,16-/m0/s1. The first-order chi connectivity index (χ1) is 13.4. The molecular weight excluding hydrogens is 384 g/mol. The zero-order chi connectivity index (χ0) is 22.3. The number of nitrogens with one attached hydrogen (secondary N) is 2. The Morgan fingerprint density at radius 2 is 1.72 bits per heavy atom. The average molecular weight is 411 g/mol. The Balaban J connectivity index is 3.00. The Labute approximate surface area is 169 Å². The quantitative estimate of drug-likeness (QED) is 0.261. The molecule has 29 heavy (non-hydrogen) atoms. The van der Waals surface area contributed by atoms with Gasteiger partial charge in [0.15, 0.2) is 0 Å². The Kier molecular flexibility index (Phi) is 9.18. The lowest BCUT2D eigenvalue weighted by molar-refractivity contribution is -0.387. The van der Waals surface area contributed by atoms with E-state index in [-0.39, 0.29) is 23.8 Å². The van der Waals surface area contributed by atoms with Crippen molar-refractivity contribution in [2.24, 2.45) is 11.8 Å². The molecule has 1 rings (SSSR count). The van der Waals surface area contributed by atoms with Crippen molar-refractivity contribution in [2.45, 2.75) is 52.5 Å². The molecule has 160 valence electrons. The Bertz CT molecular complexity index is 744. The smallest absolute Gasteiger partial charge is 0.426 e. The Morgan fingerprint density at radius 1 is 1.14 bits per heavy atom. The van der Waals surface area contributed by atoms with Crippen LogP contribution in [0.15, 0.2) is 18.2 Å². The van der Waals surface area contributed by atoms with Gasteiger partial charge in [0.2, 0.25) is 11.7 Å². The van der Waals surface area contributed by atoms with Gasteiger partial charge in [-0.3, -0.25) is 19.7 Å². The van der Waals surface area contributed by atoms with Gasteiger partial charge in [-0.05, 0) is 36.8 Å². The van der Waals surface area contributed by atoms with Crippen LogP contribution in [0.3, 0.4) is 0 Å². The van der Waals surface area contributed by atoms with Crippen LogP contribution in [-0.2, 0) is 4.79 Å². The molecule has 0 spiro atoms. The SMILES string of the molecule is CC(C)C[C@H](NC(=O)[C@H](CC(C)C)NC(=O)c1ccc(F)c([N+](=O)[O-])c1)B(O)O. The van der Waals surface area contributed by atoms with Gasteiger partial charge in [0, 0.05) is 11.6 Å². The molecule has 4 N–H and O–H groups in total. The molecule has 0 aliphatic heterocycles. The van der Waals surface area contributed by atoms with E-state index in [4.69, 9.17) is 0 Å². The second-order valence-corrected chi connectivity index (χ2v) is 7.74. The summed E-state index contributed by atoms with van der Waals surface area (Å²) in [6.07, 6.45) is 0.562. The normalized spacial score (nSPS) is 13.1. The minimum Gasteiger partial charge on any atom is -0.426 e. The van der Waals surface area contributed by atoms with Crippen molar-refractivity contribution in [1.82, 2.24) is 10.6 Å². The first-order valence-corrected chi connectivity index (χ1v) is 9.33. The maximum Gasteiger partial charge on any atom is 0.475 e. The number of nitrogens with zero attached hydrogens (tertiary/aromatic N) is 1. The molecule has 2 atom stereocenters. The molecule has 0 saturated carbocycles. The maximum absolute atomic E-state index is 13.5. The summed E-state index contributed by atoms with van der Waals surface area (Å²) in [5.74, 6) is -3.28. The predicted molar refractivity (Wildman–Crippen MR) is 105 cm³/mol. The highest BCUT2D eigenvalue weighted by atomic mass is 19.1. The minimum absolute atomic E-state index is 0.0104. The van der Waals surface area contributed by atoms with Crippen LogP contribution in [0.5, 0.6) is 0 Å². The summed E-state index contributed by atoms with van der Waals surface area (Å²) >= 11 is 0. The molecule has 0 heterocycles. The van der Waals surface area contributed by atoms with Gasteiger partial charge in [0.1, 0.15) is 6.04 Å². The fourth-order valence-corrected chi connectivity index (χ4v) is 2.78. The van der Waals surface area contributed by atoms with Crippen molar-refractivity contribution in [1.29, 1.82) is 0 Å². The van der Waals surface area contributed by atoms with Crippen molar-refractivity contribution >= 4 is 24.6 Å². The molecule has 1 aromatic rings. The van der Waals surface area contributed by atoms with Gasteiger partial charge in [-0.2, -0.15) is 4.39 Å². The zero-order valence-corrected chi connectivity index (χ0v) is 16.9. The molecule has 0 fully saturated rings. The monoisotopic (exact) mass is 411 g/mol. The lowest BCUT2D eigenvalue weighted by Crippen LogP contribution is -2.54. The van der Waals surface area contributed by atoms with Crippen LogP contribution in [0.25, 0.3) is 0 Å².